The fourth-order valence-corrected chi connectivity index (χ4v) is 1.70. The lowest BCUT2D eigenvalue weighted by atomic mass is 10.1. The molecule has 1 aromatic heterocycles. The van der Waals surface area contributed by atoms with Crippen LogP contribution in [0.25, 0.3) is 0 Å². The van der Waals surface area contributed by atoms with E-state index in [0.29, 0.717) is 11.6 Å². The highest BCUT2D eigenvalue weighted by atomic mass is 35.5. The smallest absolute Gasteiger partial charge is 0.0860 e. The first-order valence-electron chi connectivity index (χ1n) is 5.66. The van der Waals surface area contributed by atoms with Gasteiger partial charge in [0.25, 0.3) is 0 Å². The van der Waals surface area contributed by atoms with Crippen molar-refractivity contribution >= 4 is 11.6 Å². The number of hydrogen-bond acceptors (Lipinski definition) is 4. The summed E-state index contributed by atoms with van der Waals surface area (Å²) in [4.78, 5) is 0. The minimum atomic E-state index is -0.708. The van der Waals surface area contributed by atoms with Gasteiger partial charge in [-0.25, -0.2) is 0 Å². The molecular weight excluding hydrogens is 242 g/mol. The topological polar surface area (TPSA) is 70.3 Å². The van der Waals surface area contributed by atoms with Crippen molar-refractivity contribution in [2.45, 2.75) is 39.4 Å². The summed E-state index contributed by atoms with van der Waals surface area (Å²) in [5.41, 5.74) is 0.958. The Morgan fingerprint density at radius 3 is 2.47 bits per heavy atom. The second-order valence-electron chi connectivity index (χ2n) is 4.39. The molecule has 17 heavy (non-hydrogen) atoms. The molecule has 6 heteroatoms. The summed E-state index contributed by atoms with van der Waals surface area (Å²) in [6, 6.07) is 0. The van der Waals surface area contributed by atoms with Crippen LogP contribution in [0.15, 0.2) is 0 Å². The first-order valence-corrected chi connectivity index (χ1v) is 6.03. The monoisotopic (exact) mass is 261 g/mol. The van der Waals surface area contributed by atoms with Gasteiger partial charge in [-0.15, -0.1) is 0 Å². The lowest BCUT2D eigenvalue weighted by molar-refractivity contribution is 0.102. The molecule has 0 aliphatic heterocycles. The van der Waals surface area contributed by atoms with Gasteiger partial charge in [-0.3, -0.25) is 4.68 Å². The van der Waals surface area contributed by atoms with E-state index >= 15 is 0 Å². The molecule has 1 aromatic rings. The molecule has 0 bridgehead atoms. The van der Waals surface area contributed by atoms with E-state index in [2.05, 4.69) is 10.4 Å². The average Bonchev–Trinajstić information content (AvgIpc) is 2.62. The number of rotatable bonds is 6. The van der Waals surface area contributed by atoms with E-state index in [1.807, 2.05) is 18.5 Å². The Morgan fingerprint density at radius 2 is 2.00 bits per heavy atom. The zero-order valence-corrected chi connectivity index (χ0v) is 11.3. The van der Waals surface area contributed by atoms with Crippen molar-refractivity contribution in [2.75, 3.05) is 13.2 Å². The van der Waals surface area contributed by atoms with Crippen LogP contribution in [-0.2, 0) is 13.1 Å². The molecule has 0 fully saturated rings. The normalized spacial score (nSPS) is 12.1. The third-order valence-corrected chi connectivity index (χ3v) is 3.33. The van der Waals surface area contributed by atoms with Crippen molar-refractivity contribution in [2.24, 2.45) is 0 Å². The molecule has 1 rings (SSSR count). The minimum absolute atomic E-state index is 0.139. The number of aryl methyl sites for hydroxylation is 2. The Hall–Kier alpha value is -0.620. The van der Waals surface area contributed by atoms with Crippen LogP contribution < -0.4 is 5.32 Å². The predicted molar refractivity (Wildman–Crippen MR) is 67.1 cm³/mol. The SMILES string of the molecule is CCn1nc(C)c(Cl)c1CNC(C)(CO)CO. The van der Waals surface area contributed by atoms with Crippen LogP contribution in [0.2, 0.25) is 5.02 Å². The van der Waals surface area contributed by atoms with Gasteiger partial charge in [-0.2, -0.15) is 5.10 Å². The Kier molecular flexibility index (Phi) is 4.94. The van der Waals surface area contributed by atoms with Gasteiger partial charge in [0.2, 0.25) is 0 Å². The quantitative estimate of drug-likeness (QED) is 0.705. The maximum Gasteiger partial charge on any atom is 0.0860 e. The summed E-state index contributed by atoms with van der Waals surface area (Å²) >= 11 is 6.16. The van der Waals surface area contributed by atoms with E-state index in [0.717, 1.165) is 17.9 Å². The van der Waals surface area contributed by atoms with Gasteiger partial charge in [0.05, 0.1) is 35.2 Å². The zero-order chi connectivity index (χ0) is 13.1. The van der Waals surface area contributed by atoms with Crippen molar-refractivity contribution < 1.29 is 10.2 Å². The third-order valence-electron chi connectivity index (χ3n) is 2.83. The van der Waals surface area contributed by atoms with Crippen LogP contribution >= 0.6 is 11.6 Å². The Balaban J connectivity index is 2.81. The van der Waals surface area contributed by atoms with Gasteiger partial charge in [0.15, 0.2) is 0 Å². The molecule has 0 aliphatic rings. The Bertz CT molecular complexity index is 375. The number of aliphatic hydroxyl groups excluding tert-OH is 2. The van der Waals surface area contributed by atoms with Crippen LogP contribution in [0.1, 0.15) is 25.2 Å². The van der Waals surface area contributed by atoms with Crippen LogP contribution in [0.3, 0.4) is 0 Å². The maximum absolute atomic E-state index is 9.19. The van der Waals surface area contributed by atoms with Crippen LogP contribution in [0.4, 0.5) is 0 Å². The summed E-state index contributed by atoms with van der Waals surface area (Å²) in [6.45, 7) is 6.52. The molecule has 0 aliphatic carbocycles. The first kappa shape index (κ1) is 14.4. The number of halogens is 1. The van der Waals surface area contributed by atoms with Crippen LogP contribution in [-0.4, -0.2) is 38.7 Å². The van der Waals surface area contributed by atoms with Gasteiger partial charge >= 0.3 is 0 Å². The first-order chi connectivity index (χ1) is 7.97. The van der Waals surface area contributed by atoms with Crippen LogP contribution in [0, 0.1) is 6.92 Å². The summed E-state index contributed by atoms with van der Waals surface area (Å²) in [5, 5.41) is 26.4. The van der Waals surface area contributed by atoms with Crippen molar-refractivity contribution in [3.63, 3.8) is 0 Å². The Labute approximate surface area is 106 Å². The molecule has 0 radical (unpaired) electrons. The van der Waals surface area contributed by atoms with E-state index in [-0.39, 0.29) is 13.2 Å². The molecular formula is C11H20ClN3O2. The lowest BCUT2D eigenvalue weighted by Gasteiger charge is -2.26. The molecule has 0 spiro atoms. The summed E-state index contributed by atoms with van der Waals surface area (Å²) in [7, 11) is 0. The fraction of sp³-hybridized carbons (Fsp3) is 0.727. The molecule has 3 N–H and O–H groups in total. The molecule has 0 aromatic carbocycles. The average molecular weight is 262 g/mol. The minimum Gasteiger partial charge on any atom is -0.394 e. The molecule has 0 saturated carbocycles. The van der Waals surface area contributed by atoms with E-state index in [9.17, 15) is 10.2 Å². The van der Waals surface area contributed by atoms with Crippen molar-refractivity contribution in [1.29, 1.82) is 0 Å². The Morgan fingerprint density at radius 1 is 1.41 bits per heavy atom. The third kappa shape index (κ3) is 3.19. The fourth-order valence-electron chi connectivity index (χ4n) is 1.50. The molecule has 0 atom stereocenters. The number of nitrogens with zero attached hydrogens (tertiary/aromatic N) is 2. The van der Waals surface area contributed by atoms with E-state index < -0.39 is 5.54 Å². The van der Waals surface area contributed by atoms with Crippen molar-refractivity contribution in [3.8, 4) is 0 Å². The predicted octanol–water partition coefficient (Wildman–Crippen LogP) is 0.698. The van der Waals surface area contributed by atoms with Gasteiger partial charge < -0.3 is 15.5 Å². The van der Waals surface area contributed by atoms with E-state index in [1.54, 1.807) is 6.92 Å². The molecule has 0 amide bonds. The lowest BCUT2D eigenvalue weighted by Crippen LogP contribution is -2.48. The number of aromatic nitrogens is 2. The highest BCUT2D eigenvalue weighted by Crippen LogP contribution is 2.20. The highest BCUT2D eigenvalue weighted by molar-refractivity contribution is 6.31. The molecule has 0 saturated heterocycles. The van der Waals surface area contributed by atoms with Gasteiger partial charge in [0, 0.05) is 13.1 Å². The maximum atomic E-state index is 9.19. The molecule has 98 valence electrons. The summed E-state index contributed by atoms with van der Waals surface area (Å²) in [6.07, 6.45) is 0. The second-order valence-corrected chi connectivity index (χ2v) is 4.77. The second kappa shape index (κ2) is 5.82. The van der Waals surface area contributed by atoms with Crippen molar-refractivity contribution in [1.82, 2.24) is 15.1 Å². The molecule has 1 heterocycles. The van der Waals surface area contributed by atoms with E-state index in [1.165, 1.54) is 0 Å². The van der Waals surface area contributed by atoms with E-state index in [4.69, 9.17) is 11.6 Å². The number of aliphatic hydroxyl groups is 2. The zero-order valence-electron chi connectivity index (χ0n) is 10.5. The molecule has 5 nitrogen and oxygen atoms in total. The summed E-state index contributed by atoms with van der Waals surface area (Å²) in [5.74, 6) is 0. The largest absolute Gasteiger partial charge is 0.394 e. The van der Waals surface area contributed by atoms with Gasteiger partial charge in [-0.05, 0) is 20.8 Å². The standard InChI is InChI=1S/C11H20ClN3O2/c1-4-15-9(10(12)8(2)14-15)5-13-11(3,6-16)7-17/h13,16-17H,4-7H2,1-3H3. The number of hydrogen-bond donors (Lipinski definition) is 3. The van der Waals surface area contributed by atoms with Gasteiger partial charge in [0.1, 0.15) is 0 Å². The number of nitrogens with one attached hydrogen (secondary N) is 1. The summed E-state index contributed by atoms with van der Waals surface area (Å²) < 4.78 is 1.82. The van der Waals surface area contributed by atoms with Gasteiger partial charge in [-0.1, -0.05) is 11.6 Å². The highest BCUT2D eigenvalue weighted by Gasteiger charge is 2.23. The van der Waals surface area contributed by atoms with Crippen molar-refractivity contribution in [3.05, 3.63) is 16.4 Å². The molecule has 0 unspecified atom stereocenters. The van der Waals surface area contributed by atoms with Crippen LogP contribution in [0.5, 0.6) is 0 Å².